The molecule has 0 atom stereocenters. The molecule has 1 heterocycles. The minimum atomic E-state index is 0. The van der Waals surface area contributed by atoms with Crippen LogP contribution in [0.25, 0.3) is 0 Å². The molecule has 2 N–H and O–H groups in total. The summed E-state index contributed by atoms with van der Waals surface area (Å²) in [6, 6.07) is 9.25. The second-order valence-electron chi connectivity index (χ2n) is 4.60. The van der Waals surface area contributed by atoms with Gasteiger partial charge in [0.15, 0.2) is 0 Å². The highest BCUT2D eigenvalue weighted by Gasteiger charge is 2.15. The Morgan fingerprint density at radius 2 is 1.75 bits per heavy atom. The number of piperidine rings is 1. The van der Waals surface area contributed by atoms with Gasteiger partial charge in [-0.15, -0.1) is 0 Å². The van der Waals surface area contributed by atoms with Crippen LogP contribution in [-0.2, 0) is 6.54 Å². The number of benzene rings is 1. The van der Waals surface area contributed by atoms with Crippen molar-refractivity contribution < 1.29 is 0 Å². The first-order valence-electron chi connectivity index (χ1n) is 5.77. The zero-order valence-corrected chi connectivity index (χ0v) is 9.45. The van der Waals surface area contributed by atoms with Crippen LogP contribution in [0.1, 0.15) is 31.4 Å². The Hall–Kier alpha value is -0.860. The summed E-state index contributed by atoms with van der Waals surface area (Å²) in [5.41, 5.74) is 8.63. The number of aryl methyl sites for hydroxylation is 1. The first-order valence-corrected chi connectivity index (χ1v) is 5.77. The fourth-order valence-corrected chi connectivity index (χ4v) is 2.06. The Labute approximate surface area is 99.5 Å². The molecule has 1 aromatic carbocycles. The maximum Gasteiger partial charge on any atom is 0.0233 e. The van der Waals surface area contributed by atoms with Gasteiger partial charge in [0.25, 0.3) is 0 Å². The molecule has 1 aliphatic rings. The lowest BCUT2D eigenvalue weighted by molar-refractivity contribution is 0.205. The van der Waals surface area contributed by atoms with Gasteiger partial charge in [-0.25, -0.2) is 0 Å². The van der Waals surface area contributed by atoms with E-state index in [1.165, 1.54) is 11.1 Å². The summed E-state index contributed by atoms with van der Waals surface area (Å²) in [5.74, 6) is 0. The summed E-state index contributed by atoms with van der Waals surface area (Å²) >= 11 is 0. The second kappa shape index (κ2) is 6.02. The van der Waals surface area contributed by atoms with Crippen molar-refractivity contribution in [1.29, 1.82) is 0 Å². The molecule has 0 bridgehead atoms. The minimum Gasteiger partial charge on any atom is -0.328 e. The molecule has 1 saturated heterocycles. The van der Waals surface area contributed by atoms with Crippen molar-refractivity contribution >= 4 is 0 Å². The lowest BCUT2D eigenvalue weighted by atomic mass is 10.1. The first kappa shape index (κ1) is 13.2. The molecule has 16 heavy (non-hydrogen) atoms. The van der Waals surface area contributed by atoms with Gasteiger partial charge in [-0.1, -0.05) is 37.3 Å². The van der Waals surface area contributed by atoms with Crippen LogP contribution in [0.2, 0.25) is 0 Å². The van der Waals surface area contributed by atoms with E-state index in [1.54, 1.807) is 0 Å². The predicted octanol–water partition coefficient (Wildman–Crippen LogP) is 2.55. The summed E-state index contributed by atoms with van der Waals surface area (Å²) in [5, 5.41) is 0. The monoisotopic (exact) mass is 220 g/mol. The van der Waals surface area contributed by atoms with Gasteiger partial charge in [0.05, 0.1) is 0 Å². The van der Waals surface area contributed by atoms with Gasteiger partial charge in [0, 0.05) is 12.6 Å². The van der Waals surface area contributed by atoms with Crippen LogP contribution in [0.15, 0.2) is 24.3 Å². The number of hydrogen-bond acceptors (Lipinski definition) is 2. The third-order valence-corrected chi connectivity index (χ3v) is 3.16. The Balaban J connectivity index is 0.00000128. The van der Waals surface area contributed by atoms with Crippen LogP contribution in [0.3, 0.4) is 0 Å². The largest absolute Gasteiger partial charge is 0.328 e. The maximum absolute atomic E-state index is 5.88. The van der Waals surface area contributed by atoms with Crippen molar-refractivity contribution in [2.75, 3.05) is 13.1 Å². The molecular weight excluding hydrogens is 196 g/mol. The zero-order valence-electron chi connectivity index (χ0n) is 9.45. The van der Waals surface area contributed by atoms with Gasteiger partial charge in [-0.3, -0.25) is 4.90 Å². The summed E-state index contributed by atoms with van der Waals surface area (Å²) in [6.45, 7) is 5.50. The molecule has 2 heteroatoms. The molecule has 1 aliphatic heterocycles. The van der Waals surface area contributed by atoms with E-state index in [9.17, 15) is 0 Å². The zero-order chi connectivity index (χ0) is 10.7. The van der Waals surface area contributed by atoms with Gasteiger partial charge in [0.1, 0.15) is 0 Å². The average Bonchev–Trinajstić information content (AvgIpc) is 2.25. The van der Waals surface area contributed by atoms with E-state index < -0.39 is 0 Å². The maximum atomic E-state index is 5.88. The lowest BCUT2D eigenvalue weighted by Crippen LogP contribution is -2.39. The summed E-state index contributed by atoms with van der Waals surface area (Å²) in [4.78, 5) is 2.49. The Morgan fingerprint density at radius 3 is 2.31 bits per heavy atom. The first-order chi connectivity index (χ1) is 7.24. The number of hydrogen-bond donors (Lipinski definition) is 1. The van der Waals surface area contributed by atoms with Crippen molar-refractivity contribution in [2.24, 2.45) is 5.73 Å². The van der Waals surface area contributed by atoms with Crippen LogP contribution < -0.4 is 5.73 Å². The molecule has 0 amide bonds. The molecule has 0 saturated carbocycles. The third-order valence-electron chi connectivity index (χ3n) is 3.16. The minimum absolute atomic E-state index is 0. The van der Waals surface area contributed by atoms with Crippen molar-refractivity contribution in [3.8, 4) is 0 Å². The average molecular weight is 220 g/mol. The number of nitrogens with two attached hydrogens (primary N) is 1. The highest BCUT2D eigenvalue weighted by Crippen LogP contribution is 2.12. The van der Waals surface area contributed by atoms with Crippen molar-refractivity contribution in [3.05, 3.63) is 35.4 Å². The smallest absolute Gasteiger partial charge is 0.0233 e. The number of nitrogens with zero attached hydrogens (tertiary/aromatic N) is 1. The van der Waals surface area contributed by atoms with Crippen LogP contribution >= 0.6 is 0 Å². The van der Waals surface area contributed by atoms with E-state index in [1.807, 2.05) is 0 Å². The summed E-state index contributed by atoms with van der Waals surface area (Å²) in [6.07, 6.45) is 2.29. The van der Waals surface area contributed by atoms with Gasteiger partial charge in [0.2, 0.25) is 0 Å². The van der Waals surface area contributed by atoms with E-state index >= 15 is 0 Å². The Bertz CT molecular complexity index is 297. The topological polar surface area (TPSA) is 29.3 Å². The molecule has 1 aromatic rings. The SMILES string of the molecule is C.Cc1ccc(CN2CCC(N)CC2)cc1. The van der Waals surface area contributed by atoms with E-state index in [0.717, 1.165) is 32.5 Å². The van der Waals surface area contributed by atoms with Gasteiger partial charge >= 0.3 is 0 Å². The molecule has 0 spiro atoms. The normalized spacial score (nSPS) is 18.1. The highest BCUT2D eigenvalue weighted by atomic mass is 15.1. The Morgan fingerprint density at radius 1 is 1.19 bits per heavy atom. The van der Waals surface area contributed by atoms with Crippen LogP contribution in [0, 0.1) is 6.92 Å². The molecule has 0 radical (unpaired) electrons. The molecule has 0 aromatic heterocycles. The molecule has 0 unspecified atom stereocenters. The van der Waals surface area contributed by atoms with E-state index in [4.69, 9.17) is 5.73 Å². The molecule has 2 rings (SSSR count). The second-order valence-corrected chi connectivity index (χ2v) is 4.60. The fraction of sp³-hybridized carbons (Fsp3) is 0.571. The quantitative estimate of drug-likeness (QED) is 0.830. The van der Waals surface area contributed by atoms with Crippen LogP contribution in [0.5, 0.6) is 0 Å². The summed E-state index contributed by atoms with van der Waals surface area (Å²) in [7, 11) is 0. The van der Waals surface area contributed by atoms with Gasteiger partial charge in [-0.2, -0.15) is 0 Å². The van der Waals surface area contributed by atoms with E-state index in [0.29, 0.717) is 6.04 Å². The number of rotatable bonds is 2. The third kappa shape index (κ3) is 3.62. The van der Waals surface area contributed by atoms with Crippen molar-refractivity contribution in [2.45, 2.75) is 39.8 Å². The fourth-order valence-electron chi connectivity index (χ4n) is 2.06. The summed E-state index contributed by atoms with van der Waals surface area (Å²) < 4.78 is 0. The van der Waals surface area contributed by atoms with E-state index in [-0.39, 0.29) is 7.43 Å². The highest BCUT2D eigenvalue weighted by molar-refractivity contribution is 5.21. The molecule has 0 aliphatic carbocycles. The predicted molar refractivity (Wildman–Crippen MR) is 70.4 cm³/mol. The van der Waals surface area contributed by atoms with Gasteiger partial charge in [-0.05, 0) is 38.4 Å². The molecule has 1 fully saturated rings. The van der Waals surface area contributed by atoms with Crippen molar-refractivity contribution in [1.82, 2.24) is 4.90 Å². The molecule has 90 valence electrons. The number of likely N-dealkylation sites (tertiary alicyclic amines) is 1. The standard InChI is InChI=1S/C13H20N2.CH4/c1-11-2-4-12(5-3-11)10-15-8-6-13(14)7-9-15;/h2-5,13H,6-10,14H2,1H3;1H4. The van der Waals surface area contributed by atoms with Crippen LogP contribution in [0.4, 0.5) is 0 Å². The van der Waals surface area contributed by atoms with Gasteiger partial charge < -0.3 is 5.73 Å². The lowest BCUT2D eigenvalue weighted by Gasteiger charge is -2.30. The van der Waals surface area contributed by atoms with E-state index in [2.05, 4.69) is 36.1 Å². The molecule has 2 nitrogen and oxygen atoms in total. The Kier molecular flexibility index (Phi) is 4.97. The molecular formula is C14H24N2. The van der Waals surface area contributed by atoms with Crippen LogP contribution in [-0.4, -0.2) is 24.0 Å². The van der Waals surface area contributed by atoms with Crippen molar-refractivity contribution in [3.63, 3.8) is 0 Å².